The minimum atomic E-state index is -3.10. The van der Waals surface area contributed by atoms with Crippen molar-refractivity contribution in [3.8, 4) is 0 Å². The Hall–Kier alpha value is -1.62. The maximum Gasteiger partial charge on any atom is 0.163 e. The van der Waals surface area contributed by atoms with Crippen LogP contribution in [0.5, 0.6) is 0 Å². The molecule has 0 saturated heterocycles. The highest BCUT2D eigenvalue weighted by molar-refractivity contribution is 7.89. The van der Waals surface area contributed by atoms with Crippen LogP contribution in [0.25, 0.3) is 11.0 Å². The molecule has 114 valence electrons. The number of unbranched alkanes of at least 4 members (excludes halogenated alkanes) is 1. The molecular formula is C16H20O4S. The molecule has 0 aliphatic rings. The third-order valence-electron chi connectivity index (χ3n) is 3.36. The number of rotatable bonds is 6. The van der Waals surface area contributed by atoms with Gasteiger partial charge in [-0.1, -0.05) is 19.4 Å². The zero-order valence-electron chi connectivity index (χ0n) is 12.6. The van der Waals surface area contributed by atoms with Crippen molar-refractivity contribution in [2.45, 2.75) is 38.9 Å². The average molecular weight is 308 g/mol. The summed E-state index contributed by atoms with van der Waals surface area (Å²) in [5, 5.41) is 0.717. The van der Waals surface area contributed by atoms with Crippen LogP contribution in [0.15, 0.2) is 22.6 Å². The van der Waals surface area contributed by atoms with E-state index in [9.17, 15) is 13.2 Å². The third kappa shape index (κ3) is 3.73. The molecule has 0 amide bonds. The van der Waals surface area contributed by atoms with E-state index in [0.29, 0.717) is 22.5 Å². The number of carbonyl (C=O) groups excluding carboxylic acids is 1. The monoisotopic (exact) mass is 308 g/mol. The van der Waals surface area contributed by atoms with E-state index >= 15 is 0 Å². The van der Waals surface area contributed by atoms with Crippen molar-refractivity contribution in [2.75, 3.05) is 6.26 Å². The number of ketones is 1. The van der Waals surface area contributed by atoms with E-state index in [2.05, 4.69) is 6.92 Å². The summed E-state index contributed by atoms with van der Waals surface area (Å²) in [7, 11) is -3.10. The number of hydrogen-bond donors (Lipinski definition) is 0. The van der Waals surface area contributed by atoms with Crippen LogP contribution < -0.4 is 0 Å². The maximum atomic E-state index is 11.9. The van der Waals surface area contributed by atoms with Gasteiger partial charge in [-0.15, -0.1) is 0 Å². The molecule has 1 aromatic carbocycles. The molecule has 0 aliphatic heterocycles. The summed E-state index contributed by atoms with van der Waals surface area (Å²) in [5.74, 6) is 0.627. The van der Waals surface area contributed by atoms with Crippen LogP contribution in [0.3, 0.4) is 0 Å². The molecular weight excluding hydrogens is 288 g/mol. The number of carbonyl (C=O) groups is 1. The van der Waals surface area contributed by atoms with Gasteiger partial charge in [-0.25, -0.2) is 8.42 Å². The average Bonchev–Trinajstić information content (AvgIpc) is 2.71. The number of fused-ring (bicyclic) bond motifs is 1. The summed E-state index contributed by atoms with van der Waals surface area (Å²) in [6.45, 7) is 3.60. The van der Waals surface area contributed by atoms with Crippen molar-refractivity contribution >= 4 is 26.6 Å². The minimum Gasteiger partial charge on any atom is -0.460 e. The Labute approximate surface area is 125 Å². The molecule has 0 atom stereocenters. The molecule has 0 spiro atoms. The Morgan fingerprint density at radius 2 is 2.00 bits per heavy atom. The van der Waals surface area contributed by atoms with Gasteiger partial charge in [0.15, 0.2) is 15.6 Å². The van der Waals surface area contributed by atoms with Gasteiger partial charge in [0.1, 0.15) is 11.3 Å². The molecule has 5 heteroatoms. The number of hydrogen-bond acceptors (Lipinski definition) is 4. The molecule has 4 nitrogen and oxygen atoms in total. The van der Waals surface area contributed by atoms with E-state index in [1.54, 1.807) is 18.2 Å². The van der Waals surface area contributed by atoms with Gasteiger partial charge in [0.2, 0.25) is 0 Å². The van der Waals surface area contributed by atoms with Crippen LogP contribution in [0.2, 0.25) is 0 Å². The Bertz CT molecular complexity index is 769. The quantitative estimate of drug-likeness (QED) is 0.766. The molecule has 21 heavy (non-hydrogen) atoms. The van der Waals surface area contributed by atoms with Crippen LogP contribution in [0.4, 0.5) is 0 Å². The summed E-state index contributed by atoms with van der Waals surface area (Å²) >= 11 is 0. The Morgan fingerprint density at radius 3 is 2.57 bits per heavy atom. The molecule has 1 heterocycles. The first-order chi connectivity index (χ1) is 9.81. The van der Waals surface area contributed by atoms with E-state index in [0.717, 1.165) is 24.6 Å². The van der Waals surface area contributed by atoms with Gasteiger partial charge in [-0.3, -0.25) is 4.79 Å². The Balaban J connectivity index is 2.54. The normalized spacial score (nSPS) is 12.0. The lowest BCUT2D eigenvalue weighted by molar-refractivity contribution is 0.101. The largest absolute Gasteiger partial charge is 0.460 e. The van der Waals surface area contributed by atoms with Crippen LogP contribution >= 0.6 is 0 Å². The molecule has 0 N–H and O–H groups in total. The zero-order chi connectivity index (χ0) is 15.6. The summed E-state index contributed by atoms with van der Waals surface area (Å²) < 4.78 is 28.6. The van der Waals surface area contributed by atoms with Gasteiger partial charge in [-0.05, 0) is 31.0 Å². The molecule has 2 aromatic rings. The third-order valence-corrected chi connectivity index (χ3v) is 4.22. The second-order valence-electron chi connectivity index (χ2n) is 5.46. The van der Waals surface area contributed by atoms with Crippen LogP contribution in [0, 0.1) is 0 Å². The number of sulfone groups is 1. The minimum absolute atomic E-state index is 0.0320. The van der Waals surface area contributed by atoms with Crippen molar-refractivity contribution in [3.63, 3.8) is 0 Å². The highest BCUT2D eigenvalue weighted by atomic mass is 32.2. The summed E-state index contributed by atoms with van der Waals surface area (Å²) in [4.78, 5) is 11.9. The fraction of sp³-hybridized carbons (Fsp3) is 0.438. The highest BCUT2D eigenvalue weighted by Gasteiger charge is 2.18. The number of furan rings is 1. The molecule has 0 saturated carbocycles. The fourth-order valence-corrected chi connectivity index (χ4v) is 3.27. The SMILES string of the molecule is CCCCc1oc2ccc(CS(C)(=O)=O)cc2c1C(C)=O. The standard InChI is InChI=1S/C16H20O4S/c1-4-5-6-15-16(11(2)17)13-9-12(10-21(3,18)19)7-8-14(13)20-15/h7-9H,4-6,10H2,1-3H3. The number of benzene rings is 1. The van der Waals surface area contributed by atoms with Gasteiger partial charge in [0.25, 0.3) is 0 Å². The smallest absolute Gasteiger partial charge is 0.163 e. The predicted octanol–water partition coefficient (Wildman–Crippen LogP) is 3.52. The van der Waals surface area contributed by atoms with E-state index in [4.69, 9.17) is 4.42 Å². The zero-order valence-corrected chi connectivity index (χ0v) is 13.4. The predicted molar refractivity (Wildman–Crippen MR) is 83.4 cm³/mol. The van der Waals surface area contributed by atoms with Gasteiger partial charge >= 0.3 is 0 Å². The van der Waals surface area contributed by atoms with Gasteiger partial charge in [0, 0.05) is 18.1 Å². The summed E-state index contributed by atoms with van der Waals surface area (Å²) in [6.07, 6.45) is 3.90. The molecule has 0 bridgehead atoms. The Morgan fingerprint density at radius 1 is 1.29 bits per heavy atom. The van der Waals surface area contributed by atoms with Crippen LogP contribution in [-0.2, 0) is 22.0 Å². The number of Topliss-reactive ketones (excluding diaryl/α,β-unsaturated/α-hetero) is 1. The van der Waals surface area contributed by atoms with Crippen molar-refractivity contribution < 1.29 is 17.6 Å². The molecule has 2 rings (SSSR count). The molecule has 1 aromatic heterocycles. The first kappa shape index (κ1) is 15.8. The second kappa shape index (κ2) is 6.02. The molecule has 0 fully saturated rings. The second-order valence-corrected chi connectivity index (χ2v) is 7.60. The Kier molecular flexibility index (Phi) is 4.52. The topological polar surface area (TPSA) is 64.3 Å². The lowest BCUT2D eigenvalue weighted by Crippen LogP contribution is -2.01. The van der Waals surface area contributed by atoms with Gasteiger partial charge in [0.05, 0.1) is 11.3 Å². The van der Waals surface area contributed by atoms with Crippen molar-refractivity contribution in [3.05, 3.63) is 35.1 Å². The first-order valence-electron chi connectivity index (χ1n) is 7.04. The van der Waals surface area contributed by atoms with Gasteiger partial charge in [-0.2, -0.15) is 0 Å². The fourth-order valence-electron chi connectivity index (χ4n) is 2.49. The van der Waals surface area contributed by atoms with Crippen molar-refractivity contribution in [1.29, 1.82) is 0 Å². The highest BCUT2D eigenvalue weighted by Crippen LogP contribution is 2.29. The van der Waals surface area contributed by atoms with Gasteiger partial charge < -0.3 is 4.42 Å². The molecule has 0 aliphatic carbocycles. The van der Waals surface area contributed by atoms with E-state index < -0.39 is 9.84 Å². The summed E-state index contributed by atoms with van der Waals surface area (Å²) in [6, 6.07) is 5.24. The number of aryl methyl sites for hydroxylation is 1. The maximum absolute atomic E-state index is 11.9. The van der Waals surface area contributed by atoms with E-state index in [-0.39, 0.29) is 11.5 Å². The van der Waals surface area contributed by atoms with Crippen LogP contribution in [0.1, 0.15) is 48.4 Å². The van der Waals surface area contributed by atoms with Crippen molar-refractivity contribution in [1.82, 2.24) is 0 Å². The first-order valence-corrected chi connectivity index (χ1v) is 9.11. The summed E-state index contributed by atoms with van der Waals surface area (Å²) in [5.41, 5.74) is 1.91. The van der Waals surface area contributed by atoms with E-state index in [1.165, 1.54) is 13.2 Å². The van der Waals surface area contributed by atoms with Crippen molar-refractivity contribution in [2.24, 2.45) is 0 Å². The van der Waals surface area contributed by atoms with Crippen LogP contribution in [-0.4, -0.2) is 20.5 Å². The van der Waals surface area contributed by atoms with E-state index in [1.807, 2.05) is 0 Å². The lowest BCUT2D eigenvalue weighted by atomic mass is 10.0. The molecule has 0 radical (unpaired) electrons. The molecule has 0 unspecified atom stereocenters. The lowest BCUT2D eigenvalue weighted by Gasteiger charge is -2.00.